The van der Waals surface area contributed by atoms with Crippen LogP contribution in [0.5, 0.6) is 17.2 Å². The van der Waals surface area contributed by atoms with Crippen molar-refractivity contribution in [2.45, 2.75) is 13.0 Å². The minimum Gasteiger partial charge on any atom is -0.507 e. The molecule has 1 amide bonds. The van der Waals surface area contributed by atoms with Crippen LogP contribution < -0.4 is 24.0 Å². The van der Waals surface area contributed by atoms with Crippen molar-refractivity contribution in [2.75, 3.05) is 37.3 Å². The highest BCUT2D eigenvalue weighted by Gasteiger charge is 2.47. The predicted molar refractivity (Wildman–Crippen MR) is 136 cm³/mol. The third-order valence-electron chi connectivity index (χ3n) is 6.22. The van der Waals surface area contributed by atoms with Gasteiger partial charge in [-0.1, -0.05) is 18.2 Å². The number of aliphatic hydroxyl groups excluding tert-OH is 1. The van der Waals surface area contributed by atoms with E-state index in [1.54, 1.807) is 42.5 Å². The quantitative estimate of drug-likeness (QED) is 0.312. The highest BCUT2D eigenvalue weighted by atomic mass is 16.7. The van der Waals surface area contributed by atoms with Crippen LogP contribution in [0.15, 0.2) is 72.3 Å². The first-order chi connectivity index (χ1) is 17.4. The van der Waals surface area contributed by atoms with Crippen molar-refractivity contribution >= 4 is 28.8 Å². The van der Waals surface area contributed by atoms with Gasteiger partial charge in [0.1, 0.15) is 11.5 Å². The summed E-state index contributed by atoms with van der Waals surface area (Å²) in [7, 11) is 3.86. The van der Waals surface area contributed by atoms with Crippen molar-refractivity contribution in [3.05, 3.63) is 83.4 Å². The molecule has 1 saturated heterocycles. The molecule has 8 heteroatoms. The largest absolute Gasteiger partial charge is 0.507 e. The van der Waals surface area contributed by atoms with Crippen LogP contribution in [0.25, 0.3) is 5.76 Å². The first-order valence-electron chi connectivity index (χ1n) is 11.6. The molecule has 1 N–H and O–H groups in total. The lowest BCUT2D eigenvalue weighted by Crippen LogP contribution is -2.29. The van der Waals surface area contributed by atoms with Gasteiger partial charge >= 0.3 is 0 Å². The number of carbonyl (C=O) groups excluding carboxylic acids is 2. The molecule has 1 unspecified atom stereocenters. The van der Waals surface area contributed by atoms with Gasteiger partial charge < -0.3 is 24.2 Å². The van der Waals surface area contributed by atoms with Crippen LogP contribution in [0, 0.1) is 0 Å². The first kappa shape index (κ1) is 23.3. The van der Waals surface area contributed by atoms with Gasteiger partial charge in [0.2, 0.25) is 6.79 Å². The number of Topliss-reactive ketones (excluding diaryl/α,β-unsaturated/α-hetero) is 1. The number of carbonyl (C=O) groups is 2. The van der Waals surface area contributed by atoms with Gasteiger partial charge in [-0.3, -0.25) is 14.5 Å². The van der Waals surface area contributed by atoms with E-state index in [1.165, 1.54) is 4.90 Å². The Morgan fingerprint density at radius 1 is 1.03 bits per heavy atom. The Labute approximate surface area is 208 Å². The zero-order valence-corrected chi connectivity index (χ0v) is 20.2. The Morgan fingerprint density at radius 2 is 1.78 bits per heavy atom. The number of hydrogen-bond donors (Lipinski definition) is 1. The van der Waals surface area contributed by atoms with Crippen molar-refractivity contribution in [1.29, 1.82) is 0 Å². The van der Waals surface area contributed by atoms with Gasteiger partial charge in [0, 0.05) is 37.1 Å². The standard InChI is InChI=1S/C28H26N2O6/c1-4-34-21-7-5-6-20(15-21)30-25(17-8-11-19(12-9-17)29(2)3)24(27(32)28(30)33)26(31)18-10-13-22-23(14-18)36-16-35-22/h5-15,25,31H,4,16H2,1-3H3/b26-24-. The fourth-order valence-corrected chi connectivity index (χ4v) is 4.46. The molecule has 0 bridgehead atoms. The highest BCUT2D eigenvalue weighted by molar-refractivity contribution is 6.51. The second-order valence-corrected chi connectivity index (χ2v) is 8.65. The second kappa shape index (κ2) is 9.30. The molecule has 0 radical (unpaired) electrons. The van der Waals surface area contributed by atoms with E-state index in [2.05, 4.69) is 0 Å². The number of rotatable bonds is 6. The first-order valence-corrected chi connectivity index (χ1v) is 11.6. The Hall–Kier alpha value is -4.46. The summed E-state index contributed by atoms with van der Waals surface area (Å²) in [4.78, 5) is 30.2. The van der Waals surface area contributed by atoms with Crippen molar-refractivity contribution in [3.63, 3.8) is 0 Å². The molecule has 2 aliphatic rings. The van der Waals surface area contributed by atoms with Gasteiger partial charge in [-0.05, 0) is 55.0 Å². The molecule has 0 spiro atoms. The smallest absolute Gasteiger partial charge is 0.300 e. The molecule has 3 aromatic rings. The minimum atomic E-state index is -0.844. The van der Waals surface area contributed by atoms with Gasteiger partial charge in [0.15, 0.2) is 11.5 Å². The van der Waals surface area contributed by atoms with Crippen molar-refractivity contribution < 1.29 is 28.9 Å². The Kier molecular flexibility index (Phi) is 6.01. The van der Waals surface area contributed by atoms with E-state index < -0.39 is 17.7 Å². The molecule has 2 aliphatic heterocycles. The van der Waals surface area contributed by atoms with Crippen LogP contribution >= 0.6 is 0 Å². The lowest BCUT2D eigenvalue weighted by molar-refractivity contribution is -0.132. The third-order valence-corrected chi connectivity index (χ3v) is 6.22. The van der Waals surface area contributed by atoms with E-state index in [0.29, 0.717) is 40.7 Å². The van der Waals surface area contributed by atoms with Crippen molar-refractivity contribution in [3.8, 4) is 17.2 Å². The van der Waals surface area contributed by atoms with Gasteiger partial charge in [-0.25, -0.2) is 0 Å². The van der Waals surface area contributed by atoms with E-state index in [1.807, 2.05) is 50.2 Å². The molecule has 0 aliphatic carbocycles. The molecule has 3 aromatic carbocycles. The zero-order chi connectivity index (χ0) is 25.4. The number of ketones is 1. The number of nitrogens with zero attached hydrogens (tertiary/aromatic N) is 2. The maximum absolute atomic E-state index is 13.4. The number of benzene rings is 3. The average Bonchev–Trinajstić information content (AvgIpc) is 3.46. The fraction of sp³-hybridized carbons (Fsp3) is 0.214. The van der Waals surface area contributed by atoms with Crippen LogP contribution in [0.4, 0.5) is 11.4 Å². The number of hydrogen-bond acceptors (Lipinski definition) is 7. The summed E-state index contributed by atoms with van der Waals surface area (Å²) >= 11 is 0. The minimum absolute atomic E-state index is 0.00159. The zero-order valence-electron chi connectivity index (χ0n) is 20.2. The third kappa shape index (κ3) is 4.00. The molecule has 8 nitrogen and oxygen atoms in total. The molecule has 184 valence electrons. The fourth-order valence-electron chi connectivity index (χ4n) is 4.46. The molecule has 36 heavy (non-hydrogen) atoms. The normalized spacial score (nSPS) is 18.0. The van der Waals surface area contributed by atoms with E-state index in [9.17, 15) is 14.7 Å². The number of aliphatic hydroxyl groups is 1. The summed E-state index contributed by atoms with van der Waals surface area (Å²) in [6.45, 7) is 2.41. The summed E-state index contributed by atoms with van der Waals surface area (Å²) < 4.78 is 16.4. The average molecular weight is 487 g/mol. The SMILES string of the molecule is CCOc1cccc(N2C(=O)C(=O)/C(=C(\O)c3ccc4c(c3)OCO4)C2c2ccc(N(C)C)cc2)c1. The molecule has 1 atom stereocenters. The number of ether oxygens (including phenoxy) is 3. The van der Waals surface area contributed by atoms with Crippen LogP contribution in [0.2, 0.25) is 0 Å². The maximum Gasteiger partial charge on any atom is 0.300 e. The molecule has 1 fully saturated rings. The van der Waals surface area contributed by atoms with Crippen molar-refractivity contribution in [2.24, 2.45) is 0 Å². The van der Waals surface area contributed by atoms with E-state index >= 15 is 0 Å². The summed E-state index contributed by atoms with van der Waals surface area (Å²) in [5.74, 6) is -0.187. The molecular weight excluding hydrogens is 460 g/mol. The maximum atomic E-state index is 13.4. The number of anilines is 2. The van der Waals surface area contributed by atoms with E-state index in [4.69, 9.17) is 14.2 Å². The molecule has 0 aromatic heterocycles. The monoisotopic (exact) mass is 486 g/mol. The number of fused-ring (bicyclic) bond motifs is 1. The Morgan fingerprint density at radius 3 is 2.50 bits per heavy atom. The van der Waals surface area contributed by atoms with Gasteiger partial charge in [-0.15, -0.1) is 0 Å². The molecular formula is C28H26N2O6. The molecule has 0 saturated carbocycles. The summed E-state index contributed by atoms with van der Waals surface area (Å²) in [5.41, 5.74) is 2.50. The van der Waals surface area contributed by atoms with Gasteiger partial charge in [0.25, 0.3) is 11.7 Å². The lowest BCUT2D eigenvalue weighted by Gasteiger charge is -2.26. The summed E-state index contributed by atoms with van der Waals surface area (Å²) in [5, 5.41) is 11.4. The van der Waals surface area contributed by atoms with Crippen LogP contribution in [0.1, 0.15) is 24.1 Å². The number of amides is 1. The van der Waals surface area contributed by atoms with Gasteiger partial charge in [0.05, 0.1) is 18.2 Å². The van der Waals surface area contributed by atoms with Gasteiger partial charge in [-0.2, -0.15) is 0 Å². The lowest BCUT2D eigenvalue weighted by atomic mass is 9.94. The molecule has 5 rings (SSSR count). The van der Waals surface area contributed by atoms with Crippen molar-refractivity contribution in [1.82, 2.24) is 0 Å². The van der Waals surface area contributed by atoms with Crippen LogP contribution in [-0.2, 0) is 9.59 Å². The van der Waals surface area contributed by atoms with E-state index in [0.717, 1.165) is 5.69 Å². The summed E-state index contributed by atoms with van der Waals surface area (Å²) in [6.07, 6.45) is 0. The summed E-state index contributed by atoms with van der Waals surface area (Å²) in [6, 6.07) is 18.6. The van der Waals surface area contributed by atoms with Crippen LogP contribution in [0.3, 0.4) is 0 Å². The highest BCUT2D eigenvalue weighted by Crippen LogP contribution is 2.44. The topological polar surface area (TPSA) is 88.5 Å². The van der Waals surface area contributed by atoms with E-state index in [-0.39, 0.29) is 18.1 Å². The Balaban J connectivity index is 1.67. The second-order valence-electron chi connectivity index (χ2n) is 8.65. The molecule has 2 heterocycles. The Bertz CT molecular complexity index is 1360. The van der Waals surface area contributed by atoms with Crippen LogP contribution in [-0.4, -0.2) is 44.3 Å². The predicted octanol–water partition coefficient (Wildman–Crippen LogP) is 4.51.